The van der Waals surface area contributed by atoms with Crippen LogP contribution in [0.2, 0.25) is 0 Å². The van der Waals surface area contributed by atoms with Gasteiger partial charge in [0.05, 0.1) is 13.1 Å². The van der Waals surface area contributed by atoms with Gasteiger partial charge in [-0.05, 0) is 45.6 Å². The van der Waals surface area contributed by atoms with Gasteiger partial charge in [0.25, 0.3) is 0 Å². The Labute approximate surface area is 155 Å². The number of hydrogen-bond acceptors (Lipinski definition) is 5. The SMILES string of the molecule is CN1CCN([P+](N2CCCC2)(N2CCCC2)N2CCCC2)CC1.[Cl-]. The van der Waals surface area contributed by atoms with E-state index in [0.29, 0.717) is 0 Å². The van der Waals surface area contributed by atoms with Crippen molar-refractivity contribution in [2.75, 3.05) is 72.5 Å². The summed E-state index contributed by atoms with van der Waals surface area (Å²) in [6, 6.07) is 0. The molecule has 4 aliphatic heterocycles. The fraction of sp³-hybridized carbons (Fsp3) is 1.00. The largest absolute Gasteiger partial charge is 1.00 e. The van der Waals surface area contributed by atoms with E-state index in [1.807, 2.05) is 0 Å². The molecule has 0 bridgehead atoms. The number of piperazine rings is 1. The van der Waals surface area contributed by atoms with Gasteiger partial charge in [0.1, 0.15) is 0 Å². The van der Waals surface area contributed by atoms with E-state index < -0.39 is 7.87 Å². The molecule has 0 aromatic carbocycles. The number of halogens is 1. The summed E-state index contributed by atoms with van der Waals surface area (Å²) in [4.78, 5) is 2.52. The second-order valence-electron chi connectivity index (χ2n) is 7.78. The van der Waals surface area contributed by atoms with Crippen molar-refractivity contribution >= 4 is 7.87 Å². The van der Waals surface area contributed by atoms with Gasteiger partial charge in [0.15, 0.2) is 0 Å². The standard InChI is InChI=1S/C17H35N5P.ClH/c1-18-14-16-22(17-15-18)23(19-8-2-3-9-19,20-10-4-5-11-20)21-12-6-7-13-21;/h2-17H2,1H3;1H/q+1;/p-1. The Balaban J connectivity index is 0.00000169. The van der Waals surface area contributed by atoms with E-state index in [1.165, 1.54) is 104 Å². The smallest absolute Gasteiger partial charge is 0.308 e. The monoisotopic (exact) mass is 375 g/mol. The van der Waals surface area contributed by atoms with Crippen molar-refractivity contribution in [3.05, 3.63) is 0 Å². The fourth-order valence-corrected chi connectivity index (χ4v) is 10.4. The van der Waals surface area contributed by atoms with E-state index in [2.05, 4.69) is 30.6 Å². The van der Waals surface area contributed by atoms with Crippen molar-refractivity contribution in [3.8, 4) is 0 Å². The predicted octanol–water partition coefficient (Wildman–Crippen LogP) is -0.797. The normalized spacial score (nSPS) is 29.4. The van der Waals surface area contributed by atoms with Gasteiger partial charge in [-0.1, -0.05) is 0 Å². The average Bonchev–Trinajstić information content (AvgIpc) is 3.35. The lowest BCUT2D eigenvalue weighted by atomic mass is 10.4. The zero-order chi connectivity index (χ0) is 15.7. The molecule has 0 aliphatic carbocycles. The molecule has 0 amide bonds. The third-order valence-electron chi connectivity index (χ3n) is 6.24. The molecule has 0 saturated carbocycles. The van der Waals surface area contributed by atoms with Gasteiger partial charge in [-0.15, -0.1) is 18.7 Å². The molecular weight excluding hydrogens is 341 g/mol. The van der Waals surface area contributed by atoms with Gasteiger partial charge >= 0.3 is 7.87 Å². The molecule has 7 heteroatoms. The van der Waals surface area contributed by atoms with Crippen molar-refractivity contribution in [1.29, 1.82) is 0 Å². The summed E-state index contributed by atoms with van der Waals surface area (Å²) in [5.74, 6) is 0. The first-order valence-electron chi connectivity index (χ1n) is 9.91. The summed E-state index contributed by atoms with van der Waals surface area (Å²) in [7, 11) is 0.856. The highest BCUT2D eigenvalue weighted by molar-refractivity contribution is 7.66. The summed E-state index contributed by atoms with van der Waals surface area (Å²) in [5, 5.41) is 0. The molecule has 4 rings (SSSR count). The van der Waals surface area contributed by atoms with E-state index in [-0.39, 0.29) is 12.4 Å². The first kappa shape index (κ1) is 19.3. The van der Waals surface area contributed by atoms with Crippen LogP contribution in [0.1, 0.15) is 38.5 Å². The molecule has 0 aromatic rings. The molecule has 0 radical (unpaired) electrons. The Kier molecular flexibility index (Phi) is 6.81. The first-order chi connectivity index (χ1) is 11.3. The summed E-state index contributed by atoms with van der Waals surface area (Å²) in [6.07, 6.45) is 8.48. The molecule has 4 aliphatic rings. The Morgan fingerprint density at radius 1 is 0.458 bits per heavy atom. The highest BCUT2D eigenvalue weighted by Gasteiger charge is 2.63. The second kappa shape index (κ2) is 8.47. The minimum absolute atomic E-state index is 0. The molecule has 0 N–H and O–H groups in total. The first-order valence-corrected chi connectivity index (χ1v) is 11.5. The summed E-state index contributed by atoms with van der Waals surface area (Å²) in [5.41, 5.74) is 0. The zero-order valence-corrected chi connectivity index (χ0v) is 17.0. The van der Waals surface area contributed by atoms with Crippen molar-refractivity contribution in [3.63, 3.8) is 0 Å². The fourth-order valence-electron chi connectivity index (χ4n) is 5.04. The highest BCUT2D eigenvalue weighted by Crippen LogP contribution is 2.72. The van der Waals surface area contributed by atoms with Crippen molar-refractivity contribution in [2.45, 2.75) is 38.5 Å². The molecular formula is C17H35ClN5P. The molecule has 0 atom stereocenters. The van der Waals surface area contributed by atoms with Crippen molar-refractivity contribution in [1.82, 2.24) is 23.6 Å². The lowest BCUT2D eigenvalue weighted by Crippen LogP contribution is -3.00. The van der Waals surface area contributed by atoms with Gasteiger partial charge in [-0.2, -0.15) is 0 Å². The Morgan fingerprint density at radius 3 is 1.08 bits per heavy atom. The van der Waals surface area contributed by atoms with E-state index in [9.17, 15) is 0 Å². The van der Waals surface area contributed by atoms with Crippen molar-refractivity contribution in [2.24, 2.45) is 0 Å². The molecule has 4 heterocycles. The number of rotatable bonds is 4. The third-order valence-corrected chi connectivity index (χ3v) is 10.9. The molecule has 4 fully saturated rings. The van der Waals surface area contributed by atoms with Crippen LogP contribution in [0.15, 0.2) is 0 Å². The van der Waals surface area contributed by atoms with Crippen LogP contribution in [0, 0.1) is 0 Å². The van der Waals surface area contributed by atoms with Crippen LogP contribution < -0.4 is 12.4 Å². The summed E-state index contributed by atoms with van der Waals surface area (Å²) in [6.45, 7) is 13.1. The topological polar surface area (TPSA) is 16.2 Å². The molecule has 0 unspecified atom stereocenters. The number of hydrogen-bond donors (Lipinski definition) is 0. The quantitative estimate of drug-likeness (QED) is 0.596. The Morgan fingerprint density at radius 2 is 0.750 bits per heavy atom. The second-order valence-corrected chi connectivity index (χ2v) is 11.1. The van der Waals surface area contributed by atoms with E-state index in [1.54, 1.807) is 0 Å². The van der Waals surface area contributed by atoms with Crippen LogP contribution in [-0.4, -0.2) is 96.1 Å². The lowest BCUT2D eigenvalue weighted by molar-refractivity contribution is -0.00000527. The molecule has 5 nitrogen and oxygen atoms in total. The molecule has 0 spiro atoms. The minimum atomic E-state index is -1.43. The lowest BCUT2D eigenvalue weighted by Gasteiger charge is -2.50. The molecule has 0 aromatic heterocycles. The molecule has 4 saturated heterocycles. The van der Waals surface area contributed by atoms with Crippen LogP contribution in [-0.2, 0) is 0 Å². The third kappa shape index (κ3) is 3.38. The van der Waals surface area contributed by atoms with Crippen LogP contribution in [0.3, 0.4) is 0 Å². The maximum Gasteiger partial charge on any atom is 0.308 e. The van der Waals surface area contributed by atoms with Gasteiger partial charge < -0.3 is 17.3 Å². The predicted molar refractivity (Wildman–Crippen MR) is 98.4 cm³/mol. The van der Waals surface area contributed by atoms with Crippen LogP contribution in [0.4, 0.5) is 0 Å². The van der Waals surface area contributed by atoms with Crippen LogP contribution in [0.25, 0.3) is 0 Å². The summed E-state index contributed by atoms with van der Waals surface area (Å²) < 4.78 is 11.9. The maximum absolute atomic E-state index is 2.97. The molecule has 140 valence electrons. The Bertz CT molecular complexity index is 346. The highest BCUT2D eigenvalue weighted by atomic mass is 35.5. The average molecular weight is 376 g/mol. The van der Waals surface area contributed by atoms with Crippen molar-refractivity contribution < 1.29 is 12.4 Å². The van der Waals surface area contributed by atoms with Gasteiger partial charge in [-0.3, -0.25) is 0 Å². The van der Waals surface area contributed by atoms with Crippen LogP contribution >= 0.6 is 7.87 Å². The van der Waals surface area contributed by atoms with E-state index >= 15 is 0 Å². The van der Waals surface area contributed by atoms with Gasteiger partial charge in [0.2, 0.25) is 0 Å². The zero-order valence-electron chi connectivity index (χ0n) is 15.4. The van der Waals surface area contributed by atoms with E-state index in [0.717, 1.165) is 0 Å². The minimum Gasteiger partial charge on any atom is -1.00 e. The number of likely N-dealkylation sites (N-methyl/N-ethyl adjacent to an activating group) is 1. The van der Waals surface area contributed by atoms with Gasteiger partial charge in [-0.25, -0.2) is 0 Å². The summed E-state index contributed by atoms with van der Waals surface area (Å²) >= 11 is 0. The van der Waals surface area contributed by atoms with Gasteiger partial charge in [0, 0.05) is 52.4 Å². The maximum atomic E-state index is 2.97. The van der Waals surface area contributed by atoms with E-state index in [4.69, 9.17) is 0 Å². The Hall–Kier alpha value is 0.520. The molecule has 24 heavy (non-hydrogen) atoms. The number of nitrogens with zero attached hydrogens (tertiary/aromatic N) is 5. The van der Waals surface area contributed by atoms with Crippen LogP contribution in [0.5, 0.6) is 0 Å².